The zero-order chi connectivity index (χ0) is 7.82. The molecule has 1 nitrogen and oxygen atoms in total. The van der Waals surface area contributed by atoms with Gasteiger partial charge in [0, 0.05) is 0 Å². The molecule has 0 heterocycles. The van der Waals surface area contributed by atoms with Crippen LogP contribution in [0.3, 0.4) is 0 Å². The van der Waals surface area contributed by atoms with Gasteiger partial charge in [-0.2, -0.15) is 36.4 Å². The van der Waals surface area contributed by atoms with Crippen molar-refractivity contribution >= 4 is 0 Å². The first-order chi connectivity index (χ1) is 4.73. The molecule has 56 valence electrons. The molecule has 2 heteroatoms. The first kappa shape index (κ1) is 13.4. The molecule has 0 amide bonds. The molecule has 1 aromatic carbocycles. The van der Waals surface area contributed by atoms with Gasteiger partial charge in [0.2, 0.25) is 0 Å². The van der Waals surface area contributed by atoms with Crippen molar-refractivity contribution in [2.45, 2.75) is 0 Å². The maximum Gasteiger partial charge on any atom is 1.00 e. The Morgan fingerprint density at radius 1 is 0.909 bits per heavy atom. The van der Waals surface area contributed by atoms with Gasteiger partial charge in [-0.15, -0.1) is 0 Å². The molecule has 0 atom stereocenters. The number of nitrogens with zero attached hydrogens (tertiary/aromatic N) is 1. The van der Waals surface area contributed by atoms with E-state index in [2.05, 4.69) is 6.07 Å². The van der Waals surface area contributed by atoms with E-state index in [-0.39, 0.29) is 18.9 Å². The van der Waals surface area contributed by atoms with Gasteiger partial charge in [-0.25, -0.2) is 0 Å². The van der Waals surface area contributed by atoms with Crippen LogP contribution in [0, 0.1) is 6.07 Å². The van der Waals surface area contributed by atoms with Crippen LogP contribution in [-0.4, -0.2) is 26.0 Å². The molecule has 0 aromatic heterocycles. The standard InChI is InChI=1S/C6H5.C3H9N.Li/c1-2-4-6-5-3-1;1-4(2)3;/h1-5H;1-3H3;/q-1;;+1. The van der Waals surface area contributed by atoms with Crippen molar-refractivity contribution in [1.29, 1.82) is 0 Å². The molecule has 0 aliphatic heterocycles. The molecule has 0 aliphatic rings. The molecule has 1 rings (SSSR count). The van der Waals surface area contributed by atoms with Gasteiger partial charge in [0.05, 0.1) is 0 Å². The summed E-state index contributed by atoms with van der Waals surface area (Å²) >= 11 is 0. The van der Waals surface area contributed by atoms with Crippen LogP contribution in [0.25, 0.3) is 0 Å². The van der Waals surface area contributed by atoms with Gasteiger partial charge in [0.1, 0.15) is 0 Å². The van der Waals surface area contributed by atoms with Crippen LogP contribution in [0.4, 0.5) is 0 Å². The SMILES string of the molecule is CN(C)C.[Li+].[c-]1ccccc1. The Kier molecular flexibility index (Phi) is 11.9. The quantitative estimate of drug-likeness (QED) is 0.321. The minimum Gasteiger partial charge on any atom is -0.312 e. The molecule has 11 heavy (non-hydrogen) atoms. The van der Waals surface area contributed by atoms with E-state index in [0.29, 0.717) is 0 Å². The van der Waals surface area contributed by atoms with E-state index in [1.165, 1.54) is 0 Å². The fraction of sp³-hybridized carbons (Fsp3) is 0.333. The Hall–Kier alpha value is -0.223. The smallest absolute Gasteiger partial charge is 0.312 e. The molecule has 0 spiro atoms. The van der Waals surface area contributed by atoms with E-state index in [4.69, 9.17) is 0 Å². The maximum absolute atomic E-state index is 2.89. The minimum atomic E-state index is 0. The van der Waals surface area contributed by atoms with E-state index in [1.807, 2.05) is 56.4 Å². The second kappa shape index (κ2) is 9.78. The molecule has 0 unspecified atom stereocenters. The topological polar surface area (TPSA) is 3.24 Å². The summed E-state index contributed by atoms with van der Waals surface area (Å²) in [5.41, 5.74) is 0. The summed E-state index contributed by atoms with van der Waals surface area (Å²) in [5, 5.41) is 0. The van der Waals surface area contributed by atoms with E-state index >= 15 is 0 Å². The fourth-order valence-electron chi connectivity index (χ4n) is 0.342. The Morgan fingerprint density at radius 2 is 1.27 bits per heavy atom. The molecule has 1 aromatic rings. The predicted octanol–water partition coefficient (Wildman–Crippen LogP) is -1.33. The summed E-state index contributed by atoms with van der Waals surface area (Å²) in [6, 6.07) is 12.5. The normalized spacial score (nSPS) is 7.64. The molecule has 0 bridgehead atoms. The van der Waals surface area contributed by atoms with Crippen LogP contribution in [0.15, 0.2) is 30.3 Å². The van der Waals surface area contributed by atoms with Crippen molar-refractivity contribution in [3.05, 3.63) is 36.4 Å². The number of hydrogen-bond acceptors (Lipinski definition) is 1. The van der Waals surface area contributed by atoms with Crippen LogP contribution >= 0.6 is 0 Å². The van der Waals surface area contributed by atoms with Crippen molar-refractivity contribution in [3.63, 3.8) is 0 Å². The molecular formula is C9H14LiN. The molecule has 0 fully saturated rings. The second-order valence-corrected chi connectivity index (χ2v) is 2.42. The summed E-state index contributed by atoms with van der Waals surface area (Å²) in [6.45, 7) is 0. The number of rotatable bonds is 0. The molecule has 0 saturated heterocycles. The third kappa shape index (κ3) is 17.7. The number of hydrogen-bond donors (Lipinski definition) is 0. The minimum absolute atomic E-state index is 0. The first-order valence-corrected chi connectivity index (χ1v) is 3.25. The average molecular weight is 143 g/mol. The molecule has 0 N–H and O–H groups in total. The summed E-state index contributed by atoms with van der Waals surface area (Å²) in [5.74, 6) is 0. The van der Waals surface area contributed by atoms with Gasteiger partial charge < -0.3 is 4.90 Å². The van der Waals surface area contributed by atoms with Crippen molar-refractivity contribution in [2.24, 2.45) is 0 Å². The number of benzene rings is 1. The van der Waals surface area contributed by atoms with Crippen LogP contribution in [0.1, 0.15) is 0 Å². The fourth-order valence-corrected chi connectivity index (χ4v) is 0.342. The van der Waals surface area contributed by atoms with Crippen molar-refractivity contribution in [2.75, 3.05) is 21.1 Å². The Bertz CT molecular complexity index is 110. The van der Waals surface area contributed by atoms with E-state index in [0.717, 1.165) is 0 Å². The second-order valence-electron chi connectivity index (χ2n) is 2.42. The zero-order valence-corrected chi connectivity index (χ0v) is 7.83. The van der Waals surface area contributed by atoms with Gasteiger partial charge in [-0.1, -0.05) is 0 Å². The third-order valence-electron chi connectivity index (χ3n) is 0.607. The largest absolute Gasteiger partial charge is 1.00 e. The van der Waals surface area contributed by atoms with Crippen LogP contribution in [0.2, 0.25) is 0 Å². The van der Waals surface area contributed by atoms with E-state index in [1.54, 1.807) is 0 Å². The van der Waals surface area contributed by atoms with Gasteiger partial charge in [-0.3, -0.25) is 0 Å². The monoisotopic (exact) mass is 143 g/mol. The first-order valence-electron chi connectivity index (χ1n) is 3.25. The molecular weight excluding hydrogens is 129 g/mol. The summed E-state index contributed by atoms with van der Waals surface area (Å²) in [6.07, 6.45) is 0. The predicted molar refractivity (Wildman–Crippen MR) is 44.9 cm³/mol. The molecule has 0 saturated carbocycles. The Labute approximate surface area is 81.6 Å². The summed E-state index contributed by atoms with van der Waals surface area (Å²) in [7, 11) is 6.00. The van der Waals surface area contributed by atoms with Gasteiger partial charge in [-0.05, 0) is 21.1 Å². The Morgan fingerprint density at radius 3 is 1.36 bits per heavy atom. The molecule has 0 aliphatic carbocycles. The average Bonchev–Trinajstić information content (AvgIpc) is 1.90. The van der Waals surface area contributed by atoms with Crippen molar-refractivity contribution in [3.8, 4) is 0 Å². The maximum atomic E-state index is 2.89. The van der Waals surface area contributed by atoms with E-state index in [9.17, 15) is 0 Å². The van der Waals surface area contributed by atoms with Gasteiger partial charge in [0.15, 0.2) is 0 Å². The van der Waals surface area contributed by atoms with Crippen LogP contribution in [-0.2, 0) is 0 Å². The van der Waals surface area contributed by atoms with Gasteiger partial charge in [0.25, 0.3) is 0 Å². The van der Waals surface area contributed by atoms with E-state index < -0.39 is 0 Å². The van der Waals surface area contributed by atoms with Crippen molar-refractivity contribution in [1.82, 2.24) is 4.90 Å². The summed E-state index contributed by atoms with van der Waals surface area (Å²) in [4.78, 5) is 2.00. The molecule has 0 radical (unpaired) electrons. The van der Waals surface area contributed by atoms with Gasteiger partial charge >= 0.3 is 18.9 Å². The van der Waals surface area contributed by atoms with Crippen molar-refractivity contribution < 1.29 is 18.9 Å². The summed E-state index contributed by atoms with van der Waals surface area (Å²) < 4.78 is 0. The van der Waals surface area contributed by atoms with Crippen LogP contribution < -0.4 is 18.9 Å². The zero-order valence-electron chi connectivity index (χ0n) is 7.83. The third-order valence-corrected chi connectivity index (χ3v) is 0.607. The van der Waals surface area contributed by atoms with Crippen LogP contribution in [0.5, 0.6) is 0 Å². The Balaban J connectivity index is 0.